The normalized spacial score (nSPS) is 10.8. The van der Waals surface area contributed by atoms with Crippen LogP contribution in [0, 0.1) is 0 Å². The standard InChI is InChI=1S/C29H24ClN5O3/c1-2-14-31-26-18-24(13-16-32-26)38-23-11-7-21(8-12-23)34-28(36)25-17-19-4-3-15-33-27(19)35(29(25)37)22-9-5-20(30)6-10-22/h3-13,15-18H,2,14H2,1H3,(H,31,32)(H,34,36). The van der Waals surface area contributed by atoms with Crippen molar-refractivity contribution in [3.8, 4) is 17.2 Å². The molecule has 8 nitrogen and oxygen atoms in total. The molecular weight excluding hydrogens is 502 g/mol. The van der Waals surface area contributed by atoms with Crippen LogP contribution in [0.5, 0.6) is 11.5 Å². The van der Waals surface area contributed by atoms with E-state index >= 15 is 0 Å². The Balaban J connectivity index is 1.38. The van der Waals surface area contributed by atoms with Crippen molar-refractivity contribution in [1.82, 2.24) is 14.5 Å². The molecule has 0 atom stereocenters. The number of nitrogens with one attached hydrogen (secondary N) is 2. The Labute approximate surface area is 223 Å². The van der Waals surface area contributed by atoms with Crippen molar-refractivity contribution in [1.29, 1.82) is 0 Å². The molecule has 190 valence electrons. The van der Waals surface area contributed by atoms with Crippen LogP contribution in [-0.4, -0.2) is 27.0 Å². The highest BCUT2D eigenvalue weighted by atomic mass is 35.5. The summed E-state index contributed by atoms with van der Waals surface area (Å²) in [4.78, 5) is 35.3. The monoisotopic (exact) mass is 525 g/mol. The van der Waals surface area contributed by atoms with E-state index in [4.69, 9.17) is 16.3 Å². The predicted octanol–water partition coefficient (Wildman–Crippen LogP) is 6.30. The van der Waals surface area contributed by atoms with Gasteiger partial charge in [-0.05, 0) is 79.2 Å². The van der Waals surface area contributed by atoms with E-state index in [1.165, 1.54) is 4.57 Å². The third-order valence-corrected chi connectivity index (χ3v) is 5.98. The molecule has 3 aromatic heterocycles. The lowest BCUT2D eigenvalue weighted by molar-refractivity contribution is 0.102. The van der Waals surface area contributed by atoms with Crippen molar-refractivity contribution < 1.29 is 9.53 Å². The number of halogens is 1. The predicted molar refractivity (Wildman–Crippen MR) is 150 cm³/mol. The van der Waals surface area contributed by atoms with Gasteiger partial charge in [-0.3, -0.25) is 14.2 Å². The summed E-state index contributed by atoms with van der Waals surface area (Å²) in [6, 6.07) is 22.4. The highest BCUT2D eigenvalue weighted by Crippen LogP contribution is 2.25. The first-order valence-corrected chi connectivity index (χ1v) is 12.5. The van der Waals surface area contributed by atoms with E-state index in [9.17, 15) is 9.59 Å². The van der Waals surface area contributed by atoms with E-state index in [2.05, 4.69) is 27.5 Å². The number of benzene rings is 2. The summed E-state index contributed by atoms with van der Waals surface area (Å²) in [6.07, 6.45) is 4.27. The topological polar surface area (TPSA) is 98.1 Å². The molecule has 0 saturated carbocycles. The summed E-state index contributed by atoms with van der Waals surface area (Å²) in [5.74, 6) is 1.45. The number of amides is 1. The number of carbonyl (C=O) groups excluding carboxylic acids is 1. The van der Waals surface area contributed by atoms with Gasteiger partial charge in [-0.1, -0.05) is 18.5 Å². The minimum atomic E-state index is -0.530. The number of aromatic nitrogens is 3. The fourth-order valence-corrected chi connectivity index (χ4v) is 4.03. The van der Waals surface area contributed by atoms with Crippen LogP contribution >= 0.6 is 11.6 Å². The maximum Gasteiger partial charge on any atom is 0.269 e. The molecule has 0 spiro atoms. The smallest absolute Gasteiger partial charge is 0.269 e. The highest BCUT2D eigenvalue weighted by molar-refractivity contribution is 6.30. The summed E-state index contributed by atoms with van der Waals surface area (Å²) in [5.41, 5.74) is 1.03. The molecule has 0 unspecified atom stereocenters. The number of ether oxygens (including phenoxy) is 1. The molecule has 0 bridgehead atoms. The third-order valence-electron chi connectivity index (χ3n) is 5.73. The van der Waals surface area contributed by atoms with Gasteiger partial charge in [0.2, 0.25) is 0 Å². The van der Waals surface area contributed by atoms with Crippen molar-refractivity contribution in [3.05, 3.63) is 112 Å². The first-order chi connectivity index (χ1) is 18.5. The van der Waals surface area contributed by atoms with Crippen LogP contribution < -0.4 is 20.9 Å². The van der Waals surface area contributed by atoms with E-state index in [1.807, 2.05) is 6.07 Å². The minimum absolute atomic E-state index is 0.00956. The summed E-state index contributed by atoms with van der Waals surface area (Å²) in [7, 11) is 0. The molecule has 5 rings (SSSR count). The molecule has 5 aromatic rings. The van der Waals surface area contributed by atoms with Crippen LogP contribution in [0.15, 0.2) is 96.1 Å². The van der Waals surface area contributed by atoms with Gasteiger partial charge in [0.15, 0.2) is 0 Å². The molecule has 3 heterocycles. The number of rotatable bonds is 8. The number of carbonyl (C=O) groups is 1. The van der Waals surface area contributed by atoms with Crippen LogP contribution in [0.25, 0.3) is 16.7 Å². The summed E-state index contributed by atoms with van der Waals surface area (Å²) >= 11 is 6.03. The number of fused-ring (bicyclic) bond motifs is 1. The molecule has 0 aliphatic rings. The summed E-state index contributed by atoms with van der Waals surface area (Å²) in [5, 5.41) is 7.22. The molecule has 0 fully saturated rings. The molecule has 0 aliphatic heterocycles. The zero-order valence-electron chi connectivity index (χ0n) is 20.5. The average Bonchev–Trinajstić information content (AvgIpc) is 2.93. The lowest BCUT2D eigenvalue weighted by Crippen LogP contribution is -2.29. The average molecular weight is 526 g/mol. The Bertz CT molecular complexity index is 1650. The molecule has 0 saturated heterocycles. The first kappa shape index (κ1) is 25.0. The number of hydrogen-bond donors (Lipinski definition) is 2. The van der Waals surface area contributed by atoms with Crippen molar-refractivity contribution in [2.75, 3.05) is 17.2 Å². The quantitative estimate of drug-likeness (QED) is 0.247. The van der Waals surface area contributed by atoms with E-state index in [1.54, 1.807) is 85.2 Å². The number of nitrogens with zero attached hydrogens (tertiary/aromatic N) is 3. The molecule has 2 N–H and O–H groups in total. The van der Waals surface area contributed by atoms with Crippen LogP contribution in [0.4, 0.5) is 11.5 Å². The SMILES string of the molecule is CCCNc1cc(Oc2ccc(NC(=O)c3cc4cccnc4n(-c4ccc(Cl)cc4)c3=O)cc2)ccn1. The van der Waals surface area contributed by atoms with Crippen molar-refractivity contribution in [2.45, 2.75) is 13.3 Å². The van der Waals surface area contributed by atoms with Gasteiger partial charge in [0, 0.05) is 41.1 Å². The second-order valence-corrected chi connectivity index (χ2v) is 8.91. The van der Waals surface area contributed by atoms with E-state index in [-0.39, 0.29) is 5.56 Å². The van der Waals surface area contributed by atoms with E-state index in [0.29, 0.717) is 38.9 Å². The first-order valence-electron chi connectivity index (χ1n) is 12.1. The second kappa shape index (κ2) is 11.1. The van der Waals surface area contributed by atoms with Gasteiger partial charge in [-0.15, -0.1) is 0 Å². The summed E-state index contributed by atoms with van der Waals surface area (Å²) < 4.78 is 7.33. The number of anilines is 2. The number of hydrogen-bond acceptors (Lipinski definition) is 6. The zero-order valence-corrected chi connectivity index (χ0v) is 21.3. The molecule has 2 aromatic carbocycles. The third kappa shape index (κ3) is 5.50. The lowest BCUT2D eigenvalue weighted by atomic mass is 10.1. The summed E-state index contributed by atoms with van der Waals surface area (Å²) in [6.45, 7) is 2.91. The molecule has 38 heavy (non-hydrogen) atoms. The molecule has 0 radical (unpaired) electrons. The molecule has 9 heteroatoms. The fourth-order valence-electron chi connectivity index (χ4n) is 3.90. The van der Waals surface area contributed by atoms with Gasteiger partial charge < -0.3 is 15.4 Å². The van der Waals surface area contributed by atoms with Crippen LogP contribution in [0.1, 0.15) is 23.7 Å². The van der Waals surface area contributed by atoms with Gasteiger partial charge in [-0.2, -0.15) is 0 Å². The minimum Gasteiger partial charge on any atom is -0.457 e. The zero-order chi connectivity index (χ0) is 26.5. The largest absolute Gasteiger partial charge is 0.457 e. The van der Waals surface area contributed by atoms with Crippen LogP contribution in [0.2, 0.25) is 5.02 Å². The molecule has 0 aliphatic carbocycles. The van der Waals surface area contributed by atoms with E-state index in [0.717, 1.165) is 18.8 Å². The van der Waals surface area contributed by atoms with Gasteiger partial charge in [0.1, 0.15) is 28.5 Å². The van der Waals surface area contributed by atoms with Crippen molar-refractivity contribution >= 4 is 40.0 Å². The molecule has 1 amide bonds. The van der Waals surface area contributed by atoms with Gasteiger partial charge in [0.05, 0.1) is 5.69 Å². The van der Waals surface area contributed by atoms with E-state index < -0.39 is 11.5 Å². The Morgan fingerprint density at radius 1 is 0.947 bits per heavy atom. The van der Waals surface area contributed by atoms with Crippen molar-refractivity contribution in [2.24, 2.45) is 0 Å². The maximum absolute atomic E-state index is 13.4. The van der Waals surface area contributed by atoms with Gasteiger partial charge in [0.25, 0.3) is 11.5 Å². The van der Waals surface area contributed by atoms with Gasteiger partial charge >= 0.3 is 0 Å². The Hall–Kier alpha value is -4.69. The fraction of sp³-hybridized carbons (Fsp3) is 0.103. The van der Waals surface area contributed by atoms with Crippen molar-refractivity contribution in [3.63, 3.8) is 0 Å². The van der Waals surface area contributed by atoms with Crippen LogP contribution in [0.3, 0.4) is 0 Å². The Morgan fingerprint density at radius 3 is 2.50 bits per heavy atom. The van der Waals surface area contributed by atoms with Crippen LogP contribution in [-0.2, 0) is 0 Å². The Morgan fingerprint density at radius 2 is 1.74 bits per heavy atom. The maximum atomic E-state index is 13.4. The second-order valence-electron chi connectivity index (χ2n) is 8.48. The highest BCUT2D eigenvalue weighted by Gasteiger charge is 2.18. The Kier molecular flexibility index (Phi) is 7.33. The number of pyridine rings is 3. The lowest BCUT2D eigenvalue weighted by Gasteiger charge is -2.13. The molecular formula is C29H24ClN5O3. The van der Waals surface area contributed by atoms with Gasteiger partial charge in [-0.25, -0.2) is 9.97 Å².